The van der Waals surface area contributed by atoms with Crippen LogP contribution in [0, 0.1) is 11.8 Å². The van der Waals surface area contributed by atoms with Crippen molar-refractivity contribution in [1.29, 1.82) is 0 Å². The van der Waals surface area contributed by atoms with Crippen molar-refractivity contribution in [3.8, 4) is 0 Å². The van der Waals surface area contributed by atoms with E-state index in [1.807, 2.05) is 0 Å². The molecule has 0 atom stereocenters. The monoisotopic (exact) mass is 412 g/mol. The van der Waals surface area contributed by atoms with Crippen molar-refractivity contribution in [1.82, 2.24) is 0 Å². The fraction of sp³-hybridized carbons (Fsp3) is 0.619. The Labute approximate surface area is 167 Å². The molecule has 0 spiro atoms. The predicted octanol–water partition coefficient (Wildman–Crippen LogP) is 4.89. The summed E-state index contributed by atoms with van der Waals surface area (Å²) in [5, 5.41) is 0.510. The summed E-state index contributed by atoms with van der Waals surface area (Å²) in [6.45, 7) is 5.19. The zero-order valence-corrected chi connectivity index (χ0v) is 17.9. The highest BCUT2D eigenvalue weighted by Crippen LogP contribution is 2.33. The van der Waals surface area contributed by atoms with Crippen LogP contribution in [-0.2, 0) is 14.6 Å². The van der Waals surface area contributed by atoms with Gasteiger partial charge in [-0.15, -0.1) is 0 Å². The Kier molecular flexibility index (Phi) is 7.26. The maximum Gasteiger partial charge on any atom is 0.163 e. The van der Waals surface area contributed by atoms with E-state index in [1.54, 1.807) is 45.0 Å². The molecule has 0 saturated heterocycles. The van der Waals surface area contributed by atoms with Gasteiger partial charge < -0.3 is 0 Å². The fourth-order valence-corrected chi connectivity index (χ4v) is 5.10. The molecule has 27 heavy (non-hydrogen) atoms. The summed E-state index contributed by atoms with van der Waals surface area (Å²) in [7, 11) is -3.13. The maximum atomic E-state index is 12.5. The Hall–Kier alpha value is -1.20. The first-order chi connectivity index (χ1) is 12.5. The normalized spacial score (nSPS) is 21.0. The molecule has 4 nitrogen and oxygen atoms in total. The minimum absolute atomic E-state index is 0.0502. The largest absolute Gasteiger partial charge is 0.299 e. The Morgan fingerprint density at radius 2 is 1.70 bits per heavy atom. The summed E-state index contributed by atoms with van der Waals surface area (Å²) in [4.78, 5) is 24.7. The number of halogens is 1. The molecule has 0 bridgehead atoms. The summed E-state index contributed by atoms with van der Waals surface area (Å²) < 4.78 is 24.0. The Morgan fingerprint density at radius 1 is 1.07 bits per heavy atom. The fourth-order valence-electron chi connectivity index (χ4n) is 3.46. The molecule has 0 heterocycles. The van der Waals surface area contributed by atoms with Gasteiger partial charge in [0.2, 0.25) is 0 Å². The van der Waals surface area contributed by atoms with Crippen LogP contribution < -0.4 is 0 Å². The van der Waals surface area contributed by atoms with Gasteiger partial charge >= 0.3 is 0 Å². The predicted molar refractivity (Wildman–Crippen MR) is 109 cm³/mol. The number of carbonyl (C=O) groups is 2. The Balaban J connectivity index is 1.80. The van der Waals surface area contributed by atoms with Crippen molar-refractivity contribution in [2.75, 3.05) is 5.75 Å². The van der Waals surface area contributed by atoms with Crippen LogP contribution in [0.4, 0.5) is 0 Å². The molecule has 0 aliphatic heterocycles. The number of ketones is 2. The third-order valence-electron chi connectivity index (χ3n) is 5.44. The minimum Gasteiger partial charge on any atom is -0.299 e. The van der Waals surface area contributed by atoms with Crippen LogP contribution in [0.1, 0.15) is 69.7 Å². The van der Waals surface area contributed by atoms with E-state index >= 15 is 0 Å². The maximum absolute atomic E-state index is 12.5. The van der Waals surface area contributed by atoms with Crippen LogP contribution in [0.15, 0.2) is 24.3 Å². The lowest BCUT2D eigenvalue weighted by atomic mass is 9.79. The second-order valence-electron chi connectivity index (χ2n) is 8.51. The SMILES string of the molecule is CC(C)(C)S(=O)(=O)CC1CCC(C(=O)CCC(=O)c2cccc(Cl)c2)CC1. The van der Waals surface area contributed by atoms with E-state index in [4.69, 9.17) is 11.6 Å². The molecule has 2 rings (SSSR count). The number of hydrogen-bond donors (Lipinski definition) is 0. The van der Waals surface area contributed by atoms with E-state index in [9.17, 15) is 18.0 Å². The van der Waals surface area contributed by atoms with Crippen molar-refractivity contribution in [3.63, 3.8) is 0 Å². The Bertz CT molecular complexity index is 785. The van der Waals surface area contributed by atoms with E-state index in [-0.39, 0.29) is 42.0 Å². The van der Waals surface area contributed by atoms with Gasteiger partial charge in [-0.25, -0.2) is 8.42 Å². The van der Waals surface area contributed by atoms with Gasteiger partial charge in [-0.3, -0.25) is 9.59 Å². The second kappa shape index (κ2) is 8.87. The van der Waals surface area contributed by atoms with Crippen molar-refractivity contribution in [2.24, 2.45) is 11.8 Å². The van der Waals surface area contributed by atoms with Gasteiger partial charge in [0.05, 0.1) is 10.5 Å². The average molecular weight is 413 g/mol. The zero-order chi connectivity index (χ0) is 20.2. The number of sulfone groups is 1. The molecule has 0 radical (unpaired) electrons. The molecule has 0 aromatic heterocycles. The molecule has 1 saturated carbocycles. The van der Waals surface area contributed by atoms with E-state index < -0.39 is 14.6 Å². The summed E-state index contributed by atoms with van der Waals surface area (Å²) in [6.07, 6.45) is 3.38. The lowest BCUT2D eigenvalue weighted by Crippen LogP contribution is -2.35. The van der Waals surface area contributed by atoms with Crippen LogP contribution >= 0.6 is 11.6 Å². The third-order valence-corrected chi connectivity index (χ3v) is 8.45. The lowest BCUT2D eigenvalue weighted by Gasteiger charge is -2.29. The van der Waals surface area contributed by atoms with Gasteiger partial charge in [0.15, 0.2) is 15.6 Å². The van der Waals surface area contributed by atoms with Gasteiger partial charge in [0.1, 0.15) is 5.78 Å². The van der Waals surface area contributed by atoms with Crippen molar-refractivity contribution >= 4 is 33.0 Å². The number of hydrogen-bond acceptors (Lipinski definition) is 4. The summed E-state index contributed by atoms with van der Waals surface area (Å²) in [6, 6.07) is 6.76. The Morgan fingerprint density at radius 3 is 2.26 bits per heavy atom. The van der Waals surface area contributed by atoms with Gasteiger partial charge in [-0.1, -0.05) is 23.7 Å². The van der Waals surface area contributed by atoms with Crippen molar-refractivity contribution in [3.05, 3.63) is 34.9 Å². The second-order valence-corrected chi connectivity index (χ2v) is 11.7. The molecule has 0 unspecified atom stereocenters. The van der Waals surface area contributed by atoms with Crippen molar-refractivity contribution < 1.29 is 18.0 Å². The van der Waals surface area contributed by atoms with E-state index in [1.165, 1.54) is 0 Å². The molecule has 0 N–H and O–H groups in total. The van der Waals surface area contributed by atoms with Crippen LogP contribution in [0.2, 0.25) is 5.02 Å². The number of Topliss-reactive ketones (excluding diaryl/α,β-unsaturated/α-hetero) is 2. The smallest absolute Gasteiger partial charge is 0.163 e. The number of carbonyl (C=O) groups excluding carboxylic acids is 2. The summed E-state index contributed by atoms with van der Waals surface area (Å²) in [5.74, 6) is 0.320. The molecule has 1 aliphatic rings. The van der Waals surface area contributed by atoms with Crippen LogP contribution in [0.5, 0.6) is 0 Å². The first kappa shape index (κ1) is 22.1. The lowest BCUT2D eigenvalue weighted by molar-refractivity contribution is -0.124. The van der Waals surface area contributed by atoms with Gasteiger partial charge in [0.25, 0.3) is 0 Å². The topological polar surface area (TPSA) is 68.3 Å². The molecular formula is C21H29ClO4S. The van der Waals surface area contributed by atoms with Crippen LogP contribution in [0.25, 0.3) is 0 Å². The van der Waals surface area contributed by atoms with Crippen LogP contribution in [0.3, 0.4) is 0 Å². The molecule has 150 valence electrons. The first-order valence-corrected chi connectivity index (χ1v) is 11.6. The third kappa shape index (κ3) is 6.15. The van der Waals surface area contributed by atoms with Crippen molar-refractivity contribution in [2.45, 2.75) is 64.0 Å². The van der Waals surface area contributed by atoms with Gasteiger partial charge in [-0.05, 0) is 64.5 Å². The molecular weight excluding hydrogens is 384 g/mol. The minimum atomic E-state index is -3.13. The first-order valence-electron chi connectivity index (χ1n) is 9.53. The van der Waals surface area contributed by atoms with Crippen LogP contribution in [-0.4, -0.2) is 30.5 Å². The quantitative estimate of drug-likeness (QED) is 0.597. The number of benzene rings is 1. The summed E-state index contributed by atoms with van der Waals surface area (Å²) >= 11 is 5.90. The standard InChI is InChI=1S/C21H29ClO4S/c1-21(2,3)27(25,26)14-15-7-9-16(10-8-15)19(23)11-12-20(24)17-5-4-6-18(22)13-17/h4-6,13,15-16H,7-12,14H2,1-3H3. The molecule has 1 aliphatic carbocycles. The molecule has 6 heteroatoms. The highest BCUT2D eigenvalue weighted by Gasteiger charge is 2.34. The van der Waals surface area contributed by atoms with Gasteiger partial charge in [0, 0.05) is 29.3 Å². The molecule has 1 fully saturated rings. The average Bonchev–Trinajstić information content (AvgIpc) is 2.58. The molecule has 0 amide bonds. The van der Waals surface area contributed by atoms with E-state index in [0.29, 0.717) is 23.4 Å². The molecule has 1 aromatic rings. The summed E-state index contributed by atoms with van der Waals surface area (Å²) in [5.41, 5.74) is 0.534. The zero-order valence-electron chi connectivity index (χ0n) is 16.3. The van der Waals surface area contributed by atoms with E-state index in [2.05, 4.69) is 0 Å². The molecule has 1 aromatic carbocycles. The highest BCUT2D eigenvalue weighted by molar-refractivity contribution is 7.92. The number of rotatable bonds is 7. The highest BCUT2D eigenvalue weighted by atomic mass is 35.5. The van der Waals surface area contributed by atoms with Gasteiger partial charge in [-0.2, -0.15) is 0 Å². The van der Waals surface area contributed by atoms with E-state index in [0.717, 1.165) is 12.8 Å².